The predicted molar refractivity (Wildman–Crippen MR) is 82.0 cm³/mol. The van der Waals surface area contributed by atoms with Gasteiger partial charge in [-0.3, -0.25) is 14.9 Å². The zero-order valence-corrected chi connectivity index (χ0v) is 12.9. The molecule has 5 heteroatoms. The predicted octanol–water partition coefficient (Wildman–Crippen LogP) is 2.06. The highest BCUT2D eigenvalue weighted by atomic mass is 16.2. The number of aromatic nitrogens is 3. The maximum absolute atomic E-state index is 12.1. The van der Waals surface area contributed by atoms with Crippen LogP contribution in [0.15, 0.2) is 24.4 Å². The van der Waals surface area contributed by atoms with E-state index < -0.39 is 0 Å². The Bertz CT molecular complexity index is 592. The molecule has 0 radical (unpaired) electrons. The second kappa shape index (κ2) is 7.02. The Morgan fingerprint density at radius 1 is 1.29 bits per heavy atom. The number of aryl methyl sites for hydroxylation is 2. The van der Waals surface area contributed by atoms with E-state index in [-0.39, 0.29) is 5.91 Å². The van der Waals surface area contributed by atoms with E-state index in [0.717, 1.165) is 29.1 Å². The van der Waals surface area contributed by atoms with Crippen LogP contribution in [0.3, 0.4) is 0 Å². The van der Waals surface area contributed by atoms with Gasteiger partial charge in [-0.25, -0.2) is 0 Å². The van der Waals surface area contributed by atoms with Gasteiger partial charge in [-0.1, -0.05) is 6.07 Å². The summed E-state index contributed by atoms with van der Waals surface area (Å²) in [6.45, 7) is 4.71. The van der Waals surface area contributed by atoms with Crippen LogP contribution in [-0.2, 0) is 17.6 Å². The van der Waals surface area contributed by atoms with Crippen molar-refractivity contribution in [2.75, 3.05) is 13.6 Å². The molecule has 0 saturated heterocycles. The van der Waals surface area contributed by atoms with E-state index in [2.05, 4.69) is 15.2 Å². The number of nitrogens with one attached hydrogen (secondary N) is 1. The number of pyridine rings is 1. The Labute approximate surface area is 125 Å². The quantitative estimate of drug-likeness (QED) is 0.884. The molecule has 0 atom stereocenters. The first-order valence-electron chi connectivity index (χ1n) is 7.22. The molecule has 2 aromatic rings. The first-order valence-corrected chi connectivity index (χ1v) is 7.22. The molecule has 2 heterocycles. The van der Waals surface area contributed by atoms with Crippen molar-refractivity contribution < 1.29 is 4.79 Å². The van der Waals surface area contributed by atoms with Gasteiger partial charge >= 0.3 is 0 Å². The molecule has 1 amide bonds. The standard InChI is InChI=1S/C16H22N4O/c1-12-13(2)18-19-15(12)7-8-16(21)20(3)11-9-14-6-4-5-10-17-14/h4-6,10H,7-9,11H2,1-3H3,(H,18,19). The van der Waals surface area contributed by atoms with Gasteiger partial charge in [0.1, 0.15) is 0 Å². The number of hydrogen-bond acceptors (Lipinski definition) is 3. The molecule has 0 aromatic carbocycles. The van der Waals surface area contributed by atoms with Crippen molar-refractivity contribution in [3.05, 3.63) is 47.0 Å². The molecule has 0 spiro atoms. The van der Waals surface area contributed by atoms with Crippen LogP contribution in [0, 0.1) is 13.8 Å². The third-order valence-corrected chi connectivity index (χ3v) is 3.78. The van der Waals surface area contributed by atoms with Gasteiger partial charge in [-0.05, 0) is 31.5 Å². The number of H-pyrrole nitrogens is 1. The highest BCUT2D eigenvalue weighted by Gasteiger charge is 2.12. The molecule has 0 aliphatic rings. The van der Waals surface area contributed by atoms with Crippen molar-refractivity contribution in [3.63, 3.8) is 0 Å². The molecule has 0 aliphatic carbocycles. The summed E-state index contributed by atoms with van der Waals surface area (Å²) in [7, 11) is 1.84. The molecule has 2 rings (SSSR count). The average Bonchev–Trinajstić information content (AvgIpc) is 2.83. The van der Waals surface area contributed by atoms with Crippen LogP contribution in [0.2, 0.25) is 0 Å². The normalized spacial score (nSPS) is 10.6. The van der Waals surface area contributed by atoms with Crippen LogP contribution in [0.5, 0.6) is 0 Å². The Morgan fingerprint density at radius 3 is 2.71 bits per heavy atom. The molecule has 0 fully saturated rings. The minimum atomic E-state index is 0.144. The topological polar surface area (TPSA) is 61.9 Å². The third-order valence-electron chi connectivity index (χ3n) is 3.78. The Balaban J connectivity index is 1.79. The smallest absolute Gasteiger partial charge is 0.222 e. The second-order valence-corrected chi connectivity index (χ2v) is 5.31. The summed E-state index contributed by atoms with van der Waals surface area (Å²) in [5.41, 5.74) is 4.22. The van der Waals surface area contributed by atoms with Crippen molar-refractivity contribution in [2.24, 2.45) is 0 Å². The minimum absolute atomic E-state index is 0.144. The summed E-state index contributed by atoms with van der Waals surface area (Å²) in [6.07, 6.45) is 3.73. The summed E-state index contributed by atoms with van der Waals surface area (Å²) in [5, 5.41) is 7.19. The Kier molecular flexibility index (Phi) is 5.09. The molecular formula is C16H22N4O. The minimum Gasteiger partial charge on any atom is -0.345 e. The number of carbonyl (C=O) groups is 1. The molecule has 0 unspecified atom stereocenters. The molecule has 112 valence electrons. The fraction of sp³-hybridized carbons (Fsp3) is 0.438. The monoisotopic (exact) mass is 286 g/mol. The molecule has 21 heavy (non-hydrogen) atoms. The zero-order chi connectivity index (χ0) is 15.2. The molecular weight excluding hydrogens is 264 g/mol. The van der Waals surface area contributed by atoms with Crippen LogP contribution in [0.1, 0.15) is 29.1 Å². The highest BCUT2D eigenvalue weighted by molar-refractivity contribution is 5.76. The summed E-state index contributed by atoms with van der Waals surface area (Å²) in [4.78, 5) is 18.2. The molecule has 5 nitrogen and oxygen atoms in total. The van der Waals surface area contributed by atoms with E-state index in [1.54, 1.807) is 11.1 Å². The number of amides is 1. The van der Waals surface area contributed by atoms with E-state index in [1.165, 1.54) is 0 Å². The van der Waals surface area contributed by atoms with Crippen molar-refractivity contribution in [1.29, 1.82) is 0 Å². The lowest BCUT2D eigenvalue weighted by molar-refractivity contribution is -0.129. The lowest BCUT2D eigenvalue weighted by Gasteiger charge is -2.16. The van der Waals surface area contributed by atoms with Crippen LogP contribution in [0.25, 0.3) is 0 Å². The summed E-state index contributed by atoms with van der Waals surface area (Å²) < 4.78 is 0. The fourth-order valence-corrected chi connectivity index (χ4v) is 2.15. The van der Waals surface area contributed by atoms with E-state index in [1.807, 2.05) is 39.1 Å². The van der Waals surface area contributed by atoms with Gasteiger partial charge in [0.15, 0.2) is 0 Å². The maximum Gasteiger partial charge on any atom is 0.222 e. The maximum atomic E-state index is 12.1. The number of likely N-dealkylation sites (N-methyl/N-ethyl adjacent to an activating group) is 1. The lowest BCUT2D eigenvalue weighted by atomic mass is 10.1. The number of hydrogen-bond donors (Lipinski definition) is 1. The summed E-state index contributed by atoms with van der Waals surface area (Å²) in [6, 6.07) is 5.84. The van der Waals surface area contributed by atoms with Crippen molar-refractivity contribution in [3.8, 4) is 0 Å². The highest BCUT2D eigenvalue weighted by Crippen LogP contribution is 2.11. The number of nitrogens with zero attached hydrogens (tertiary/aromatic N) is 3. The fourth-order valence-electron chi connectivity index (χ4n) is 2.15. The lowest BCUT2D eigenvalue weighted by Crippen LogP contribution is -2.29. The van der Waals surface area contributed by atoms with Gasteiger partial charge in [-0.15, -0.1) is 0 Å². The van der Waals surface area contributed by atoms with Crippen molar-refractivity contribution in [2.45, 2.75) is 33.1 Å². The van der Waals surface area contributed by atoms with Gasteiger partial charge in [-0.2, -0.15) is 5.10 Å². The molecule has 1 N–H and O–H groups in total. The van der Waals surface area contributed by atoms with E-state index in [9.17, 15) is 4.79 Å². The second-order valence-electron chi connectivity index (χ2n) is 5.31. The van der Waals surface area contributed by atoms with Gasteiger partial charge in [0.2, 0.25) is 5.91 Å². The van der Waals surface area contributed by atoms with Crippen molar-refractivity contribution in [1.82, 2.24) is 20.1 Å². The van der Waals surface area contributed by atoms with Crippen LogP contribution in [-0.4, -0.2) is 39.6 Å². The number of carbonyl (C=O) groups excluding carboxylic acids is 1. The van der Waals surface area contributed by atoms with E-state index in [4.69, 9.17) is 0 Å². The van der Waals surface area contributed by atoms with Gasteiger partial charge in [0.05, 0.1) is 5.69 Å². The van der Waals surface area contributed by atoms with E-state index >= 15 is 0 Å². The van der Waals surface area contributed by atoms with Crippen LogP contribution < -0.4 is 0 Å². The number of aromatic amines is 1. The Morgan fingerprint density at radius 2 is 2.10 bits per heavy atom. The van der Waals surface area contributed by atoms with Gasteiger partial charge in [0, 0.05) is 50.4 Å². The zero-order valence-electron chi connectivity index (χ0n) is 12.9. The summed E-state index contributed by atoms with van der Waals surface area (Å²) in [5.74, 6) is 0.144. The molecule has 0 saturated carbocycles. The number of rotatable bonds is 6. The Hall–Kier alpha value is -2.17. The third kappa shape index (κ3) is 4.15. The first-order chi connectivity index (χ1) is 10.1. The first kappa shape index (κ1) is 15.2. The molecule has 0 aliphatic heterocycles. The van der Waals surface area contributed by atoms with Crippen LogP contribution >= 0.6 is 0 Å². The van der Waals surface area contributed by atoms with Gasteiger partial charge in [0.25, 0.3) is 0 Å². The average molecular weight is 286 g/mol. The van der Waals surface area contributed by atoms with Crippen molar-refractivity contribution >= 4 is 5.91 Å². The largest absolute Gasteiger partial charge is 0.345 e. The van der Waals surface area contributed by atoms with Crippen LogP contribution in [0.4, 0.5) is 0 Å². The summed E-state index contributed by atoms with van der Waals surface area (Å²) >= 11 is 0. The molecule has 2 aromatic heterocycles. The SMILES string of the molecule is Cc1[nH]nc(CCC(=O)N(C)CCc2ccccn2)c1C. The van der Waals surface area contributed by atoms with Gasteiger partial charge < -0.3 is 4.90 Å². The van der Waals surface area contributed by atoms with E-state index in [0.29, 0.717) is 19.4 Å². The molecule has 0 bridgehead atoms.